The van der Waals surface area contributed by atoms with E-state index in [1.165, 1.54) is 6.42 Å². The molecular weight excluding hydrogens is 204 g/mol. The van der Waals surface area contributed by atoms with Crippen molar-refractivity contribution < 1.29 is 4.79 Å². The highest BCUT2D eigenvalue weighted by atomic mass is 16.1. The largest absolute Gasteiger partial charge is 0.300 e. The SMILES string of the molecule is CC(=O)CC1CCCN1Cc1ncnn1C. The number of aromatic nitrogens is 3. The maximum atomic E-state index is 11.2. The van der Waals surface area contributed by atoms with E-state index in [0.717, 1.165) is 25.3 Å². The van der Waals surface area contributed by atoms with Crippen molar-refractivity contribution in [3.05, 3.63) is 12.2 Å². The Hall–Kier alpha value is -1.23. The number of ketones is 1. The average Bonchev–Trinajstić information content (AvgIpc) is 2.78. The minimum absolute atomic E-state index is 0.273. The summed E-state index contributed by atoms with van der Waals surface area (Å²) in [6.45, 7) is 3.53. The third-order valence-corrected chi connectivity index (χ3v) is 3.17. The van der Waals surface area contributed by atoms with Gasteiger partial charge in [0.25, 0.3) is 0 Å². The first-order valence-electron chi connectivity index (χ1n) is 5.73. The van der Waals surface area contributed by atoms with Crippen molar-refractivity contribution in [2.24, 2.45) is 7.05 Å². The Bertz CT molecular complexity index is 374. The molecule has 16 heavy (non-hydrogen) atoms. The van der Waals surface area contributed by atoms with Crippen molar-refractivity contribution in [1.29, 1.82) is 0 Å². The molecule has 0 N–H and O–H groups in total. The molecule has 88 valence electrons. The normalized spacial score (nSPS) is 21.5. The van der Waals surface area contributed by atoms with Crippen LogP contribution >= 0.6 is 0 Å². The van der Waals surface area contributed by atoms with E-state index in [1.807, 2.05) is 7.05 Å². The van der Waals surface area contributed by atoms with Gasteiger partial charge in [-0.15, -0.1) is 0 Å². The Labute approximate surface area is 95.5 Å². The van der Waals surface area contributed by atoms with E-state index in [4.69, 9.17) is 0 Å². The summed E-state index contributed by atoms with van der Waals surface area (Å²) in [5, 5.41) is 4.06. The van der Waals surface area contributed by atoms with Gasteiger partial charge in [0.15, 0.2) is 0 Å². The van der Waals surface area contributed by atoms with Gasteiger partial charge in [0.1, 0.15) is 17.9 Å². The molecule has 1 fully saturated rings. The molecule has 1 unspecified atom stereocenters. The summed E-state index contributed by atoms with van der Waals surface area (Å²) in [5.41, 5.74) is 0. The zero-order chi connectivity index (χ0) is 11.5. The molecule has 0 spiro atoms. The summed E-state index contributed by atoms with van der Waals surface area (Å²) in [7, 11) is 1.90. The Kier molecular flexibility index (Phi) is 3.33. The maximum absolute atomic E-state index is 11.2. The van der Waals surface area contributed by atoms with E-state index in [2.05, 4.69) is 15.0 Å². The van der Waals surface area contributed by atoms with Crippen molar-refractivity contribution in [2.45, 2.75) is 38.8 Å². The summed E-state index contributed by atoms with van der Waals surface area (Å²) in [6, 6.07) is 0.397. The van der Waals surface area contributed by atoms with Crippen molar-refractivity contribution in [3.63, 3.8) is 0 Å². The summed E-state index contributed by atoms with van der Waals surface area (Å²) in [4.78, 5) is 17.7. The Morgan fingerprint density at radius 1 is 1.62 bits per heavy atom. The molecule has 2 heterocycles. The van der Waals surface area contributed by atoms with Crippen LogP contribution in [0.3, 0.4) is 0 Å². The third-order valence-electron chi connectivity index (χ3n) is 3.17. The van der Waals surface area contributed by atoms with Gasteiger partial charge < -0.3 is 0 Å². The molecule has 0 amide bonds. The molecule has 1 aromatic rings. The molecule has 0 radical (unpaired) electrons. The van der Waals surface area contributed by atoms with Crippen LogP contribution in [0.1, 0.15) is 32.0 Å². The smallest absolute Gasteiger partial charge is 0.140 e. The number of likely N-dealkylation sites (tertiary alicyclic amines) is 1. The van der Waals surface area contributed by atoms with Crippen LogP contribution in [-0.4, -0.2) is 38.0 Å². The van der Waals surface area contributed by atoms with Crippen LogP contribution < -0.4 is 0 Å². The minimum Gasteiger partial charge on any atom is -0.300 e. The minimum atomic E-state index is 0.273. The molecule has 1 aliphatic heterocycles. The molecule has 1 saturated heterocycles. The van der Waals surface area contributed by atoms with Gasteiger partial charge in [-0.25, -0.2) is 4.98 Å². The second kappa shape index (κ2) is 4.74. The number of carbonyl (C=O) groups excluding carboxylic acids is 1. The van der Waals surface area contributed by atoms with Gasteiger partial charge in [0.2, 0.25) is 0 Å². The summed E-state index contributed by atoms with van der Waals surface area (Å²) in [5.74, 6) is 1.24. The highest BCUT2D eigenvalue weighted by molar-refractivity contribution is 5.76. The molecule has 0 aromatic carbocycles. The van der Waals surface area contributed by atoms with Gasteiger partial charge in [-0.1, -0.05) is 0 Å². The van der Waals surface area contributed by atoms with Crippen molar-refractivity contribution in [1.82, 2.24) is 19.7 Å². The molecule has 1 atom stereocenters. The highest BCUT2D eigenvalue weighted by Gasteiger charge is 2.26. The Morgan fingerprint density at radius 3 is 3.06 bits per heavy atom. The molecule has 5 nitrogen and oxygen atoms in total. The molecule has 1 aliphatic rings. The van der Waals surface area contributed by atoms with Gasteiger partial charge in [0, 0.05) is 19.5 Å². The Balaban J connectivity index is 1.98. The van der Waals surface area contributed by atoms with Crippen LogP contribution in [0, 0.1) is 0 Å². The van der Waals surface area contributed by atoms with Crippen LogP contribution in [-0.2, 0) is 18.4 Å². The van der Waals surface area contributed by atoms with E-state index in [-0.39, 0.29) is 5.78 Å². The fourth-order valence-electron chi connectivity index (χ4n) is 2.31. The summed E-state index contributed by atoms with van der Waals surface area (Å²) < 4.78 is 1.79. The quantitative estimate of drug-likeness (QED) is 0.754. The van der Waals surface area contributed by atoms with Crippen LogP contribution in [0.15, 0.2) is 6.33 Å². The zero-order valence-electron chi connectivity index (χ0n) is 9.89. The lowest BCUT2D eigenvalue weighted by Crippen LogP contribution is -2.31. The van der Waals surface area contributed by atoms with Crippen LogP contribution in [0.4, 0.5) is 0 Å². The Morgan fingerprint density at radius 2 is 2.44 bits per heavy atom. The topological polar surface area (TPSA) is 51.0 Å². The zero-order valence-corrected chi connectivity index (χ0v) is 9.89. The number of rotatable bonds is 4. The average molecular weight is 222 g/mol. The van der Waals surface area contributed by atoms with Crippen LogP contribution in [0.25, 0.3) is 0 Å². The molecule has 1 aromatic heterocycles. The van der Waals surface area contributed by atoms with Crippen molar-refractivity contribution >= 4 is 5.78 Å². The predicted molar refractivity (Wildman–Crippen MR) is 59.7 cm³/mol. The van der Waals surface area contributed by atoms with Gasteiger partial charge in [-0.2, -0.15) is 5.10 Å². The lowest BCUT2D eigenvalue weighted by Gasteiger charge is -2.22. The van der Waals surface area contributed by atoms with Gasteiger partial charge in [0.05, 0.1) is 6.54 Å². The van der Waals surface area contributed by atoms with Gasteiger partial charge in [-0.05, 0) is 26.3 Å². The van der Waals surface area contributed by atoms with E-state index in [1.54, 1.807) is 17.9 Å². The monoisotopic (exact) mass is 222 g/mol. The van der Waals surface area contributed by atoms with Crippen LogP contribution in [0.5, 0.6) is 0 Å². The van der Waals surface area contributed by atoms with Gasteiger partial charge >= 0.3 is 0 Å². The predicted octanol–water partition coefficient (Wildman–Crippen LogP) is 0.759. The van der Waals surface area contributed by atoms with E-state index in [0.29, 0.717) is 12.5 Å². The first-order chi connectivity index (χ1) is 7.66. The van der Waals surface area contributed by atoms with Crippen LogP contribution in [0.2, 0.25) is 0 Å². The molecule has 5 heteroatoms. The number of nitrogens with zero attached hydrogens (tertiary/aromatic N) is 4. The fourth-order valence-corrected chi connectivity index (χ4v) is 2.31. The number of aryl methyl sites for hydroxylation is 1. The summed E-state index contributed by atoms with van der Waals surface area (Å²) in [6.07, 6.45) is 4.54. The molecule has 0 bridgehead atoms. The second-order valence-electron chi connectivity index (χ2n) is 4.47. The van der Waals surface area contributed by atoms with Crippen molar-refractivity contribution in [2.75, 3.05) is 6.54 Å². The standard InChI is InChI=1S/C11H18N4O/c1-9(16)6-10-4-3-5-15(10)7-11-12-8-13-14(11)2/h8,10H,3-7H2,1-2H3. The summed E-state index contributed by atoms with van der Waals surface area (Å²) >= 11 is 0. The highest BCUT2D eigenvalue weighted by Crippen LogP contribution is 2.21. The lowest BCUT2D eigenvalue weighted by atomic mass is 10.1. The molecular formula is C11H18N4O. The lowest BCUT2D eigenvalue weighted by molar-refractivity contribution is -0.118. The second-order valence-corrected chi connectivity index (χ2v) is 4.47. The number of hydrogen-bond donors (Lipinski definition) is 0. The van der Waals surface area contributed by atoms with E-state index < -0.39 is 0 Å². The number of hydrogen-bond acceptors (Lipinski definition) is 4. The van der Waals surface area contributed by atoms with E-state index >= 15 is 0 Å². The number of Topliss-reactive ketones (excluding diaryl/α,β-unsaturated/α-hetero) is 1. The first kappa shape index (κ1) is 11.3. The number of carbonyl (C=O) groups is 1. The maximum Gasteiger partial charge on any atom is 0.140 e. The molecule has 2 rings (SSSR count). The first-order valence-corrected chi connectivity index (χ1v) is 5.73. The molecule has 0 aliphatic carbocycles. The molecule has 0 saturated carbocycles. The van der Waals surface area contributed by atoms with Gasteiger partial charge in [-0.3, -0.25) is 14.4 Å². The fraction of sp³-hybridized carbons (Fsp3) is 0.727. The third kappa shape index (κ3) is 2.47. The van der Waals surface area contributed by atoms with Crippen molar-refractivity contribution in [3.8, 4) is 0 Å². The van der Waals surface area contributed by atoms with E-state index in [9.17, 15) is 4.79 Å².